The van der Waals surface area contributed by atoms with Gasteiger partial charge in [0.2, 0.25) is 0 Å². The molecule has 5 nitrogen and oxygen atoms in total. The maximum Gasteiger partial charge on any atom is 0.422 e. The van der Waals surface area contributed by atoms with Crippen LogP contribution in [0, 0.1) is 0 Å². The molecule has 1 saturated heterocycles. The van der Waals surface area contributed by atoms with Crippen molar-refractivity contribution in [1.29, 1.82) is 0 Å². The van der Waals surface area contributed by atoms with Gasteiger partial charge in [0.15, 0.2) is 0 Å². The number of hydrogen-bond donors (Lipinski definition) is 1. The van der Waals surface area contributed by atoms with Crippen LogP contribution < -0.4 is 5.43 Å². The zero-order valence-corrected chi connectivity index (χ0v) is 12.9. The predicted octanol–water partition coefficient (Wildman–Crippen LogP) is 2.90. The molecule has 1 aliphatic heterocycles. The van der Waals surface area contributed by atoms with E-state index in [-0.39, 0.29) is 12.7 Å². The first-order valence-corrected chi connectivity index (χ1v) is 7.70. The van der Waals surface area contributed by atoms with Gasteiger partial charge in [0.1, 0.15) is 6.61 Å². The second-order valence-electron chi connectivity index (χ2n) is 5.39. The van der Waals surface area contributed by atoms with Crippen LogP contribution in [0.25, 0.3) is 0 Å². The topological polar surface area (TPSA) is 50.8 Å². The quantitative estimate of drug-likeness (QED) is 0.943. The van der Waals surface area contributed by atoms with Crippen LogP contribution in [0.1, 0.15) is 17.2 Å². The summed E-state index contributed by atoms with van der Waals surface area (Å²) in [5, 5.41) is 1.84. The number of carbonyl (C=O) groups is 1. The number of nitrogens with one attached hydrogen (secondary N) is 1. The van der Waals surface area contributed by atoms with Gasteiger partial charge in [-0.2, -0.15) is 0 Å². The normalized spacial score (nSPS) is 18.3. The Morgan fingerprint density at radius 3 is 2.57 bits per heavy atom. The molecule has 1 aliphatic rings. The number of hydrogen-bond acceptors (Lipinski definition) is 4. The molecule has 5 heteroatoms. The number of benzene rings is 2. The van der Waals surface area contributed by atoms with Crippen LogP contribution in [0.4, 0.5) is 4.79 Å². The van der Waals surface area contributed by atoms with E-state index < -0.39 is 6.09 Å². The van der Waals surface area contributed by atoms with Gasteiger partial charge in [-0.25, -0.2) is 9.80 Å². The van der Waals surface area contributed by atoms with Crippen molar-refractivity contribution in [1.82, 2.24) is 10.4 Å². The second-order valence-corrected chi connectivity index (χ2v) is 5.39. The minimum Gasteiger partial charge on any atom is -0.444 e. The molecule has 1 amide bonds. The van der Waals surface area contributed by atoms with Crippen LogP contribution in [-0.2, 0) is 16.1 Å². The highest BCUT2D eigenvalue weighted by Gasteiger charge is 2.23. The Labute approximate surface area is 135 Å². The molecule has 0 aliphatic carbocycles. The van der Waals surface area contributed by atoms with Crippen molar-refractivity contribution in [3.05, 3.63) is 71.8 Å². The monoisotopic (exact) mass is 312 g/mol. The zero-order valence-electron chi connectivity index (χ0n) is 12.9. The van der Waals surface area contributed by atoms with Crippen LogP contribution in [0.3, 0.4) is 0 Å². The summed E-state index contributed by atoms with van der Waals surface area (Å²) in [7, 11) is 0. The Balaban J connectivity index is 1.48. The predicted molar refractivity (Wildman–Crippen MR) is 86.5 cm³/mol. The van der Waals surface area contributed by atoms with E-state index in [1.807, 2.05) is 65.7 Å². The summed E-state index contributed by atoms with van der Waals surface area (Å²) in [4.78, 5) is 11.9. The summed E-state index contributed by atoms with van der Waals surface area (Å²) in [6.07, 6.45) is -0.484. The molecule has 2 aromatic rings. The van der Waals surface area contributed by atoms with Gasteiger partial charge in [-0.3, -0.25) is 5.43 Å². The van der Waals surface area contributed by atoms with Crippen molar-refractivity contribution < 1.29 is 14.3 Å². The summed E-state index contributed by atoms with van der Waals surface area (Å²) >= 11 is 0. The fourth-order valence-electron chi connectivity index (χ4n) is 2.50. The highest BCUT2D eigenvalue weighted by Crippen LogP contribution is 2.20. The molecule has 0 spiro atoms. The van der Waals surface area contributed by atoms with Crippen molar-refractivity contribution in [3.8, 4) is 0 Å². The van der Waals surface area contributed by atoms with Gasteiger partial charge < -0.3 is 9.47 Å². The average Bonchev–Trinajstić information content (AvgIpc) is 2.62. The van der Waals surface area contributed by atoms with E-state index >= 15 is 0 Å². The van der Waals surface area contributed by atoms with Gasteiger partial charge in [0.25, 0.3) is 0 Å². The molecule has 0 radical (unpaired) electrons. The van der Waals surface area contributed by atoms with Crippen LogP contribution in [-0.4, -0.2) is 30.8 Å². The van der Waals surface area contributed by atoms with Gasteiger partial charge in [-0.15, -0.1) is 0 Å². The van der Waals surface area contributed by atoms with Gasteiger partial charge in [-0.1, -0.05) is 60.7 Å². The summed E-state index contributed by atoms with van der Waals surface area (Å²) in [6, 6.07) is 19.6. The lowest BCUT2D eigenvalue weighted by Gasteiger charge is -2.32. The number of hydrazine groups is 1. The van der Waals surface area contributed by atoms with Crippen LogP contribution >= 0.6 is 0 Å². The number of morpholine rings is 1. The minimum atomic E-state index is -0.442. The summed E-state index contributed by atoms with van der Waals surface area (Å²) in [5.74, 6) is 0. The van der Waals surface area contributed by atoms with Crippen molar-refractivity contribution in [2.24, 2.45) is 0 Å². The van der Waals surface area contributed by atoms with Gasteiger partial charge in [0.05, 0.1) is 12.7 Å². The number of rotatable bonds is 4. The third-order valence-electron chi connectivity index (χ3n) is 3.70. The SMILES string of the molecule is O=C(NN1CCOC(c2ccccc2)C1)OCc1ccccc1. The Morgan fingerprint density at radius 2 is 1.83 bits per heavy atom. The molecular weight excluding hydrogens is 292 g/mol. The number of nitrogens with zero attached hydrogens (tertiary/aromatic N) is 1. The lowest BCUT2D eigenvalue weighted by molar-refractivity contribution is -0.0477. The van der Waals surface area contributed by atoms with Crippen molar-refractivity contribution in [2.45, 2.75) is 12.7 Å². The van der Waals surface area contributed by atoms with Crippen molar-refractivity contribution >= 4 is 6.09 Å². The van der Waals surface area contributed by atoms with E-state index in [0.717, 1.165) is 11.1 Å². The van der Waals surface area contributed by atoms with Crippen LogP contribution in [0.15, 0.2) is 60.7 Å². The van der Waals surface area contributed by atoms with E-state index in [2.05, 4.69) is 5.43 Å². The molecule has 120 valence electrons. The molecule has 1 atom stereocenters. The van der Waals surface area contributed by atoms with Gasteiger partial charge >= 0.3 is 6.09 Å². The first-order chi connectivity index (χ1) is 11.3. The fourth-order valence-corrected chi connectivity index (χ4v) is 2.50. The maximum absolute atomic E-state index is 11.9. The highest BCUT2D eigenvalue weighted by molar-refractivity contribution is 5.66. The zero-order chi connectivity index (χ0) is 15.9. The minimum absolute atomic E-state index is 0.0422. The van der Waals surface area contributed by atoms with Crippen molar-refractivity contribution in [2.75, 3.05) is 19.7 Å². The second kappa shape index (κ2) is 7.76. The lowest BCUT2D eigenvalue weighted by atomic mass is 10.1. The molecule has 2 aromatic carbocycles. The van der Waals surface area contributed by atoms with E-state index in [0.29, 0.717) is 19.7 Å². The Morgan fingerprint density at radius 1 is 1.13 bits per heavy atom. The van der Waals surface area contributed by atoms with Crippen LogP contribution in [0.5, 0.6) is 0 Å². The van der Waals surface area contributed by atoms with E-state index in [1.165, 1.54) is 0 Å². The standard InChI is InChI=1S/C18H20N2O3/c21-18(23-14-15-7-3-1-4-8-15)19-20-11-12-22-17(13-20)16-9-5-2-6-10-16/h1-10,17H,11-14H2,(H,19,21). The first kappa shape index (κ1) is 15.5. The van der Waals surface area contributed by atoms with E-state index in [4.69, 9.17) is 9.47 Å². The Bertz CT molecular complexity index is 619. The smallest absolute Gasteiger partial charge is 0.422 e. The largest absolute Gasteiger partial charge is 0.444 e. The molecule has 0 bridgehead atoms. The molecule has 0 saturated carbocycles. The molecule has 1 unspecified atom stereocenters. The number of ether oxygens (including phenoxy) is 2. The average molecular weight is 312 g/mol. The molecule has 1 heterocycles. The Hall–Kier alpha value is -2.37. The van der Waals surface area contributed by atoms with E-state index in [9.17, 15) is 4.79 Å². The van der Waals surface area contributed by atoms with Gasteiger partial charge in [-0.05, 0) is 11.1 Å². The third kappa shape index (κ3) is 4.55. The maximum atomic E-state index is 11.9. The summed E-state index contributed by atoms with van der Waals surface area (Å²) in [6.45, 7) is 2.08. The lowest BCUT2D eigenvalue weighted by Crippen LogP contribution is -2.49. The summed E-state index contributed by atoms with van der Waals surface area (Å²) < 4.78 is 11.0. The molecule has 1 fully saturated rings. The summed E-state index contributed by atoms with van der Waals surface area (Å²) in [5.41, 5.74) is 4.85. The highest BCUT2D eigenvalue weighted by atomic mass is 16.6. The number of carbonyl (C=O) groups excluding carboxylic acids is 1. The third-order valence-corrected chi connectivity index (χ3v) is 3.70. The van der Waals surface area contributed by atoms with Crippen molar-refractivity contribution in [3.63, 3.8) is 0 Å². The molecule has 23 heavy (non-hydrogen) atoms. The molecule has 3 rings (SSSR count). The van der Waals surface area contributed by atoms with E-state index in [1.54, 1.807) is 0 Å². The molecule has 0 aromatic heterocycles. The number of amides is 1. The molecular formula is C18H20N2O3. The molecule has 1 N–H and O–H groups in total. The van der Waals surface area contributed by atoms with Crippen LogP contribution in [0.2, 0.25) is 0 Å². The first-order valence-electron chi connectivity index (χ1n) is 7.70. The Kier molecular flexibility index (Phi) is 5.24. The fraction of sp³-hybridized carbons (Fsp3) is 0.278. The van der Waals surface area contributed by atoms with Gasteiger partial charge in [0, 0.05) is 13.1 Å².